The first-order chi connectivity index (χ1) is 15.9. The fourth-order valence-electron chi connectivity index (χ4n) is 4.47. The van der Waals surface area contributed by atoms with Crippen LogP contribution in [0.2, 0.25) is 0 Å². The van der Waals surface area contributed by atoms with Crippen LogP contribution < -0.4 is 0 Å². The molecule has 0 N–H and O–H groups in total. The highest BCUT2D eigenvalue weighted by atomic mass is 15.4. The average molecular weight is 412 g/mol. The van der Waals surface area contributed by atoms with E-state index >= 15 is 0 Å². The molecule has 0 unspecified atom stereocenters. The van der Waals surface area contributed by atoms with Crippen molar-refractivity contribution >= 4 is 43.6 Å². The molecule has 0 atom stereocenters. The summed E-state index contributed by atoms with van der Waals surface area (Å²) in [6.45, 7) is 0. The van der Waals surface area contributed by atoms with Crippen LogP contribution in [-0.4, -0.2) is 30.0 Å². The lowest BCUT2D eigenvalue weighted by atomic mass is 10.1. The third-order valence-corrected chi connectivity index (χ3v) is 6.00. The van der Waals surface area contributed by atoms with Crippen LogP contribution in [0.1, 0.15) is 0 Å². The van der Waals surface area contributed by atoms with E-state index in [9.17, 15) is 0 Å². The molecule has 0 saturated carbocycles. The maximum absolute atomic E-state index is 4.43. The molecule has 0 aliphatic rings. The normalized spacial score (nSPS) is 11.8. The molecule has 7 aromatic rings. The number of rotatable bonds is 2. The van der Waals surface area contributed by atoms with Gasteiger partial charge in [-0.25, -0.2) is 9.36 Å². The largest absolute Gasteiger partial charge is 0.212 e. The monoisotopic (exact) mass is 412 g/mol. The molecule has 0 amide bonds. The summed E-state index contributed by atoms with van der Waals surface area (Å²) in [7, 11) is 0. The number of nitrogens with zero attached hydrogens (tertiary/aromatic N) is 6. The van der Waals surface area contributed by atoms with E-state index in [2.05, 4.69) is 57.0 Å². The second-order valence-corrected chi connectivity index (χ2v) is 7.83. The van der Waals surface area contributed by atoms with Gasteiger partial charge in [0.05, 0.1) is 11.4 Å². The van der Waals surface area contributed by atoms with Gasteiger partial charge in [-0.1, -0.05) is 71.1 Å². The summed E-state index contributed by atoms with van der Waals surface area (Å²) in [4.78, 5) is 0. The van der Waals surface area contributed by atoms with Gasteiger partial charge >= 0.3 is 0 Å². The molecule has 0 aliphatic heterocycles. The Morgan fingerprint density at radius 2 is 0.875 bits per heavy atom. The Morgan fingerprint density at radius 3 is 1.34 bits per heavy atom. The first kappa shape index (κ1) is 17.1. The lowest BCUT2D eigenvalue weighted by Crippen LogP contribution is -2.00. The van der Waals surface area contributed by atoms with Crippen LogP contribution in [0, 0.1) is 0 Å². The minimum atomic E-state index is 0.876. The van der Waals surface area contributed by atoms with Crippen LogP contribution in [0.5, 0.6) is 0 Å². The lowest BCUT2D eigenvalue weighted by molar-refractivity contribution is 0.814. The highest BCUT2D eigenvalue weighted by Crippen LogP contribution is 2.28. The van der Waals surface area contributed by atoms with Crippen LogP contribution in [0.3, 0.4) is 0 Å². The summed E-state index contributed by atoms with van der Waals surface area (Å²) >= 11 is 0. The van der Waals surface area contributed by atoms with Gasteiger partial charge in [-0.05, 0) is 47.2 Å². The van der Waals surface area contributed by atoms with E-state index in [1.165, 1.54) is 10.8 Å². The summed E-state index contributed by atoms with van der Waals surface area (Å²) < 4.78 is 3.80. The SMILES string of the molecule is c1ccc2c(c1)ccc1nnn(-c3ccc(-n4nnc5ccc6ccccc6c54)cc3)c12. The van der Waals surface area contributed by atoms with E-state index in [0.29, 0.717) is 0 Å². The van der Waals surface area contributed by atoms with Crippen molar-refractivity contribution in [3.05, 3.63) is 97.1 Å². The second-order valence-electron chi connectivity index (χ2n) is 7.83. The average Bonchev–Trinajstić information content (AvgIpc) is 3.49. The van der Waals surface area contributed by atoms with Gasteiger partial charge in [-0.2, -0.15) is 0 Å². The van der Waals surface area contributed by atoms with E-state index in [1.54, 1.807) is 0 Å². The molecular formula is C26H16N6. The van der Waals surface area contributed by atoms with Crippen molar-refractivity contribution in [2.24, 2.45) is 0 Å². The Bertz CT molecular complexity index is 1640. The van der Waals surface area contributed by atoms with Crippen molar-refractivity contribution < 1.29 is 0 Å². The number of hydrogen-bond acceptors (Lipinski definition) is 4. The summed E-state index contributed by atoms with van der Waals surface area (Å²) in [5, 5.41) is 22.2. The van der Waals surface area contributed by atoms with Crippen molar-refractivity contribution in [1.82, 2.24) is 30.0 Å². The van der Waals surface area contributed by atoms with Gasteiger partial charge in [-0.3, -0.25) is 0 Å². The maximum Gasteiger partial charge on any atom is 0.114 e. The van der Waals surface area contributed by atoms with Crippen LogP contribution in [0.15, 0.2) is 97.1 Å². The van der Waals surface area contributed by atoms with Crippen molar-refractivity contribution in [2.75, 3.05) is 0 Å². The summed E-state index contributed by atoms with van der Waals surface area (Å²) in [5.74, 6) is 0. The molecule has 0 bridgehead atoms. The molecule has 0 radical (unpaired) electrons. The van der Waals surface area contributed by atoms with E-state index in [4.69, 9.17) is 0 Å². The van der Waals surface area contributed by atoms with E-state index < -0.39 is 0 Å². The molecule has 150 valence electrons. The van der Waals surface area contributed by atoms with Gasteiger partial charge in [0.2, 0.25) is 0 Å². The molecule has 2 heterocycles. The predicted octanol–water partition coefficient (Wildman–Crippen LogP) is 5.46. The minimum absolute atomic E-state index is 0.876. The molecule has 0 aliphatic carbocycles. The standard InChI is InChI=1S/C26H16N6/c1-3-7-21-17(5-1)9-15-23-25(21)31(29-27-23)19-11-13-20(14-12-19)32-26-22-8-4-2-6-18(22)10-16-24(26)28-30-32/h1-16H. The number of aromatic nitrogens is 6. The van der Waals surface area contributed by atoms with Crippen molar-refractivity contribution in [1.29, 1.82) is 0 Å². The van der Waals surface area contributed by atoms with Crippen molar-refractivity contribution in [3.8, 4) is 11.4 Å². The molecule has 6 nitrogen and oxygen atoms in total. The zero-order valence-corrected chi connectivity index (χ0v) is 16.9. The van der Waals surface area contributed by atoms with Gasteiger partial charge in [0, 0.05) is 10.8 Å². The van der Waals surface area contributed by atoms with Gasteiger partial charge < -0.3 is 0 Å². The molecule has 2 aromatic heterocycles. The molecule has 0 spiro atoms. The van der Waals surface area contributed by atoms with Gasteiger partial charge in [-0.15, -0.1) is 10.2 Å². The van der Waals surface area contributed by atoms with Gasteiger partial charge in [0.1, 0.15) is 22.1 Å². The summed E-state index contributed by atoms with van der Waals surface area (Å²) in [5.41, 5.74) is 5.66. The van der Waals surface area contributed by atoms with Crippen LogP contribution in [-0.2, 0) is 0 Å². The highest BCUT2D eigenvalue weighted by Gasteiger charge is 2.13. The Balaban J connectivity index is 1.40. The van der Waals surface area contributed by atoms with E-state index in [0.717, 1.165) is 44.2 Å². The third kappa shape index (κ3) is 2.40. The van der Waals surface area contributed by atoms with Gasteiger partial charge in [0.25, 0.3) is 0 Å². The molecule has 7 rings (SSSR count). The molecule has 6 heteroatoms. The number of fused-ring (bicyclic) bond motifs is 6. The second kappa shape index (κ2) is 6.46. The Hall–Kier alpha value is -4.58. The smallest absolute Gasteiger partial charge is 0.114 e. The van der Waals surface area contributed by atoms with Crippen LogP contribution in [0.25, 0.3) is 55.0 Å². The Kier molecular flexibility index (Phi) is 3.46. The fraction of sp³-hybridized carbons (Fsp3) is 0. The number of benzene rings is 5. The quantitative estimate of drug-likeness (QED) is 0.378. The van der Waals surface area contributed by atoms with Crippen LogP contribution in [0.4, 0.5) is 0 Å². The Morgan fingerprint density at radius 1 is 0.438 bits per heavy atom. The fourth-order valence-corrected chi connectivity index (χ4v) is 4.47. The zero-order valence-electron chi connectivity index (χ0n) is 16.9. The molecule has 0 fully saturated rings. The summed E-state index contributed by atoms with van der Waals surface area (Å²) in [6.07, 6.45) is 0. The first-order valence-electron chi connectivity index (χ1n) is 10.4. The third-order valence-electron chi connectivity index (χ3n) is 6.00. The predicted molar refractivity (Wildman–Crippen MR) is 126 cm³/mol. The minimum Gasteiger partial charge on any atom is -0.212 e. The summed E-state index contributed by atoms with van der Waals surface area (Å²) in [6, 6.07) is 33.0. The van der Waals surface area contributed by atoms with Crippen molar-refractivity contribution in [2.45, 2.75) is 0 Å². The number of hydrogen-bond donors (Lipinski definition) is 0. The molecular weight excluding hydrogens is 396 g/mol. The van der Waals surface area contributed by atoms with Gasteiger partial charge in [0.15, 0.2) is 0 Å². The maximum atomic E-state index is 4.43. The topological polar surface area (TPSA) is 61.4 Å². The first-order valence-corrected chi connectivity index (χ1v) is 10.4. The van der Waals surface area contributed by atoms with E-state index in [1.807, 2.05) is 70.0 Å². The van der Waals surface area contributed by atoms with E-state index in [-0.39, 0.29) is 0 Å². The lowest BCUT2D eigenvalue weighted by Gasteiger charge is -2.08. The van der Waals surface area contributed by atoms with Crippen LogP contribution >= 0.6 is 0 Å². The van der Waals surface area contributed by atoms with Crippen molar-refractivity contribution in [3.63, 3.8) is 0 Å². The molecule has 32 heavy (non-hydrogen) atoms. The molecule has 5 aromatic carbocycles. The Labute approximate surface area is 182 Å². The molecule has 0 saturated heterocycles. The highest BCUT2D eigenvalue weighted by molar-refractivity contribution is 6.05. The zero-order chi connectivity index (χ0) is 21.1.